The Balaban J connectivity index is 2.02. The third-order valence-corrected chi connectivity index (χ3v) is 6.08. The molecule has 0 N–H and O–H groups in total. The highest BCUT2D eigenvalue weighted by Gasteiger charge is 2.45. The van der Waals surface area contributed by atoms with E-state index in [4.69, 9.17) is 16.3 Å². The van der Waals surface area contributed by atoms with E-state index in [9.17, 15) is 8.42 Å². The van der Waals surface area contributed by atoms with Crippen LogP contribution < -0.4 is 0 Å². The molecule has 100 valence electrons. The maximum atomic E-state index is 12.3. The van der Waals surface area contributed by atoms with Gasteiger partial charge < -0.3 is 4.74 Å². The lowest BCUT2D eigenvalue weighted by Gasteiger charge is -2.35. The smallest absolute Gasteiger partial charge is 0.214 e. The van der Waals surface area contributed by atoms with E-state index in [1.807, 2.05) is 0 Å². The van der Waals surface area contributed by atoms with Crippen molar-refractivity contribution in [3.8, 4) is 0 Å². The molecule has 0 aromatic heterocycles. The molecule has 0 spiro atoms. The molecule has 2 saturated heterocycles. The lowest BCUT2D eigenvalue weighted by atomic mass is 10.1. The van der Waals surface area contributed by atoms with Crippen molar-refractivity contribution < 1.29 is 13.2 Å². The SMILES string of the molecule is COCCCS(=O)(=O)N1C2CCC1CC(Cl)C2. The van der Waals surface area contributed by atoms with Crippen molar-refractivity contribution in [2.24, 2.45) is 0 Å². The van der Waals surface area contributed by atoms with Gasteiger partial charge in [0, 0.05) is 31.2 Å². The maximum Gasteiger partial charge on any atom is 0.214 e. The van der Waals surface area contributed by atoms with E-state index in [2.05, 4.69) is 0 Å². The lowest BCUT2D eigenvalue weighted by molar-refractivity contribution is 0.198. The number of ether oxygens (including phenoxy) is 1. The number of rotatable bonds is 5. The molecule has 17 heavy (non-hydrogen) atoms. The molecular weight excluding hydrogens is 262 g/mol. The van der Waals surface area contributed by atoms with Crippen LogP contribution in [-0.4, -0.2) is 49.7 Å². The summed E-state index contributed by atoms with van der Waals surface area (Å²) in [5.74, 6) is 0.195. The normalized spacial score (nSPS) is 34.1. The number of hydrogen-bond donors (Lipinski definition) is 0. The maximum absolute atomic E-state index is 12.3. The fraction of sp³-hybridized carbons (Fsp3) is 1.00. The number of methoxy groups -OCH3 is 1. The van der Waals surface area contributed by atoms with Gasteiger partial charge in [-0.05, 0) is 32.1 Å². The van der Waals surface area contributed by atoms with Gasteiger partial charge in [0.15, 0.2) is 0 Å². The highest BCUT2D eigenvalue weighted by Crippen LogP contribution is 2.39. The highest BCUT2D eigenvalue weighted by molar-refractivity contribution is 7.89. The van der Waals surface area contributed by atoms with Crippen LogP contribution in [0.3, 0.4) is 0 Å². The molecule has 0 aliphatic carbocycles. The minimum atomic E-state index is -3.12. The molecule has 0 amide bonds. The van der Waals surface area contributed by atoms with Crippen LogP contribution in [0.5, 0.6) is 0 Å². The number of sulfonamides is 1. The van der Waals surface area contributed by atoms with Gasteiger partial charge in [0.2, 0.25) is 10.0 Å². The molecular formula is C11H20ClNO3S. The molecule has 2 aliphatic heterocycles. The molecule has 0 radical (unpaired) electrons. The number of nitrogens with zero attached hydrogens (tertiary/aromatic N) is 1. The Hall–Kier alpha value is 0.160. The second-order valence-corrected chi connectivity index (χ2v) is 7.56. The molecule has 2 heterocycles. The van der Waals surface area contributed by atoms with E-state index >= 15 is 0 Å². The molecule has 2 rings (SSSR count). The zero-order valence-electron chi connectivity index (χ0n) is 10.1. The first-order valence-corrected chi connectivity index (χ1v) is 8.23. The third kappa shape index (κ3) is 2.95. The summed E-state index contributed by atoms with van der Waals surface area (Å²) in [4.78, 5) is 0. The second kappa shape index (κ2) is 5.43. The summed E-state index contributed by atoms with van der Waals surface area (Å²) in [6, 6.07) is 0.285. The Kier molecular flexibility index (Phi) is 4.34. The van der Waals surface area contributed by atoms with Crippen LogP contribution >= 0.6 is 11.6 Å². The van der Waals surface area contributed by atoms with Gasteiger partial charge >= 0.3 is 0 Å². The summed E-state index contributed by atoms with van der Waals surface area (Å²) >= 11 is 6.15. The first-order valence-electron chi connectivity index (χ1n) is 6.19. The van der Waals surface area contributed by atoms with Crippen LogP contribution in [0.25, 0.3) is 0 Å². The van der Waals surface area contributed by atoms with E-state index in [0.717, 1.165) is 25.7 Å². The minimum absolute atomic E-state index is 0.142. The number of hydrogen-bond acceptors (Lipinski definition) is 3. The molecule has 0 aromatic carbocycles. The summed E-state index contributed by atoms with van der Waals surface area (Å²) in [5.41, 5.74) is 0. The first kappa shape index (κ1) is 13.6. The molecule has 6 heteroatoms. The summed E-state index contributed by atoms with van der Waals surface area (Å²) in [6.07, 6.45) is 4.12. The summed E-state index contributed by atoms with van der Waals surface area (Å²) < 4.78 is 31.2. The quantitative estimate of drug-likeness (QED) is 0.568. The molecule has 4 nitrogen and oxygen atoms in total. The van der Waals surface area contributed by atoms with Gasteiger partial charge in [0.1, 0.15) is 0 Å². The number of piperidine rings is 1. The van der Waals surface area contributed by atoms with Crippen molar-refractivity contribution >= 4 is 21.6 Å². The van der Waals surface area contributed by atoms with Crippen LogP contribution in [0.4, 0.5) is 0 Å². The topological polar surface area (TPSA) is 46.6 Å². The summed E-state index contributed by atoms with van der Waals surface area (Å²) in [7, 11) is -1.53. The number of halogens is 1. The first-order chi connectivity index (χ1) is 8.04. The lowest BCUT2D eigenvalue weighted by Crippen LogP contribution is -2.47. The number of alkyl halides is 1. The largest absolute Gasteiger partial charge is 0.385 e. The Bertz CT molecular complexity index is 346. The van der Waals surface area contributed by atoms with Gasteiger partial charge in [-0.25, -0.2) is 8.42 Å². The predicted molar refractivity (Wildman–Crippen MR) is 67.8 cm³/mol. The van der Waals surface area contributed by atoms with Crippen LogP contribution in [0.2, 0.25) is 0 Å². The summed E-state index contributed by atoms with van der Waals surface area (Å²) in [6.45, 7) is 0.501. The fourth-order valence-electron chi connectivity index (χ4n) is 3.01. The Labute approximate surface area is 108 Å². The van der Waals surface area contributed by atoms with Gasteiger partial charge in [-0.15, -0.1) is 11.6 Å². The van der Waals surface area contributed by atoms with E-state index < -0.39 is 10.0 Å². The van der Waals surface area contributed by atoms with Gasteiger partial charge in [0.05, 0.1) is 5.75 Å². The van der Waals surface area contributed by atoms with E-state index in [1.54, 1.807) is 11.4 Å². The average molecular weight is 282 g/mol. The van der Waals surface area contributed by atoms with Crippen LogP contribution in [-0.2, 0) is 14.8 Å². The minimum Gasteiger partial charge on any atom is -0.385 e. The van der Waals surface area contributed by atoms with Crippen molar-refractivity contribution in [2.45, 2.75) is 49.6 Å². The van der Waals surface area contributed by atoms with Crippen molar-refractivity contribution in [2.75, 3.05) is 19.5 Å². The van der Waals surface area contributed by atoms with E-state index in [0.29, 0.717) is 13.0 Å². The Morgan fingerprint density at radius 2 is 1.88 bits per heavy atom. The van der Waals surface area contributed by atoms with E-state index in [1.165, 1.54) is 0 Å². The standard InChI is InChI=1S/C11H20ClNO3S/c1-16-5-2-6-17(14,15)13-10-3-4-11(13)8-9(12)7-10/h9-11H,2-8H2,1H3. The monoisotopic (exact) mass is 281 g/mol. The molecule has 2 unspecified atom stereocenters. The fourth-order valence-corrected chi connectivity index (χ4v) is 5.41. The van der Waals surface area contributed by atoms with Crippen molar-refractivity contribution in [3.05, 3.63) is 0 Å². The zero-order chi connectivity index (χ0) is 12.5. The highest BCUT2D eigenvalue weighted by atomic mass is 35.5. The van der Waals surface area contributed by atoms with Gasteiger partial charge in [-0.2, -0.15) is 4.31 Å². The van der Waals surface area contributed by atoms with Gasteiger partial charge in [-0.3, -0.25) is 0 Å². The predicted octanol–water partition coefficient (Wildman–Crippen LogP) is 1.59. The van der Waals surface area contributed by atoms with Crippen LogP contribution in [0.1, 0.15) is 32.1 Å². The van der Waals surface area contributed by atoms with Crippen molar-refractivity contribution in [3.63, 3.8) is 0 Å². The van der Waals surface area contributed by atoms with Crippen LogP contribution in [0.15, 0.2) is 0 Å². The van der Waals surface area contributed by atoms with Crippen LogP contribution in [0, 0.1) is 0 Å². The molecule has 2 aliphatic rings. The third-order valence-electron chi connectivity index (χ3n) is 3.68. The molecule has 2 bridgehead atoms. The molecule has 2 atom stereocenters. The van der Waals surface area contributed by atoms with Gasteiger partial charge in [0.25, 0.3) is 0 Å². The molecule has 0 saturated carbocycles. The second-order valence-electron chi connectivity index (χ2n) is 4.95. The van der Waals surface area contributed by atoms with Gasteiger partial charge in [-0.1, -0.05) is 0 Å². The Morgan fingerprint density at radius 1 is 1.29 bits per heavy atom. The molecule has 2 fully saturated rings. The number of fused-ring (bicyclic) bond motifs is 2. The Morgan fingerprint density at radius 3 is 2.41 bits per heavy atom. The molecule has 0 aromatic rings. The van der Waals surface area contributed by atoms with Crippen molar-refractivity contribution in [1.82, 2.24) is 4.31 Å². The van der Waals surface area contributed by atoms with Crippen molar-refractivity contribution in [1.29, 1.82) is 0 Å². The van der Waals surface area contributed by atoms with E-state index in [-0.39, 0.29) is 23.2 Å². The zero-order valence-corrected chi connectivity index (χ0v) is 11.7. The average Bonchev–Trinajstić information content (AvgIpc) is 2.53. The summed E-state index contributed by atoms with van der Waals surface area (Å²) in [5, 5.41) is 0.151.